The zero-order valence-electron chi connectivity index (χ0n) is 26.7. The lowest BCUT2D eigenvalue weighted by molar-refractivity contribution is -0.385. The summed E-state index contributed by atoms with van der Waals surface area (Å²) in [5.41, 5.74) is 5.22. The second kappa shape index (κ2) is 12.5. The number of aryl methyl sites for hydroxylation is 2. The molecular weight excluding hydrogens is 580 g/mol. The van der Waals surface area contributed by atoms with Gasteiger partial charge in [-0.05, 0) is 84.6 Å². The van der Waals surface area contributed by atoms with Crippen molar-refractivity contribution < 1.29 is 19.3 Å². The Labute approximate surface area is 268 Å². The van der Waals surface area contributed by atoms with E-state index in [0.29, 0.717) is 34.1 Å². The molecule has 0 aliphatic rings. The summed E-state index contributed by atoms with van der Waals surface area (Å²) >= 11 is 0. The molecule has 8 nitrogen and oxygen atoms in total. The summed E-state index contributed by atoms with van der Waals surface area (Å²) in [4.78, 5) is 21.5. The van der Waals surface area contributed by atoms with Crippen LogP contribution < -0.4 is 9.47 Å². The number of ether oxygens (including phenoxy) is 2. The average molecular weight is 617 g/mol. The van der Waals surface area contributed by atoms with Gasteiger partial charge in [-0.1, -0.05) is 76.2 Å². The van der Waals surface area contributed by atoms with Gasteiger partial charge in [-0.3, -0.25) is 20.2 Å². The first-order chi connectivity index (χ1) is 21.8. The van der Waals surface area contributed by atoms with Gasteiger partial charge in [-0.2, -0.15) is 0 Å². The predicted molar refractivity (Wildman–Crippen MR) is 179 cm³/mol. The van der Waals surface area contributed by atoms with E-state index in [2.05, 4.69) is 76.2 Å². The Balaban J connectivity index is 1.31. The van der Waals surface area contributed by atoms with Crippen LogP contribution in [0.15, 0.2) is 109 Å². The van der Waals surface area contributed by atoms with E-state index in [4.69, 9.17) is 9.47 Å². The van der Waals surface area contributed by atoms with Crippen molar-refractivity contribution >= 4 is 11.4 Å². The van der Waals surface area contributed by atoms with E-state index in [1.54, 1.807) is 38.1 Å². The maximum atomic E-state index is 11.1. The molecular formula is C38H36N2O6. The molecule has 0 radical (unpaired) electrons. The lowest BCUT2D eigenvalue weighted by atomic mass is 9.73. The van der Waals surface area contributed by atoms with Crippen molar-refractivity contribution in [2.24, 2.45) is 0 Å². The van der Waals surface area contributed by atoms with E-state index in [0.717, 1.165) is 11.1 Å². The minimum Gasteiger partial charge on any atom is -0.457 e. The van der Waals surface area contributed by atoms with Crippen LogP contribution in [0.1, 0.15) is 61.1 Å². The fourth-order valence-electron chi connectivity index (χ4n) is 5.57. The minimum atomic E-state index is -0.399. The standard InChI is InChI=1S/C38H36N2O6/c1-25-22-33(18-20-35(25)39(41)42)45-31-14-10-27(11-15-31)37(3,4)29-8-7-9-30(24-29)38(5,6)28-12-16-32(17-13-28)46-34-19-21-36(40(43)44)26(2)23-34/h7-24H,1-6H3. The van der Waals surface area contributed by atoms with Crippen molar-refractivity contribution in [2.45, 2.75) is 52.4 Å². The summed E-state index contributed by atoms with van der Waals surface area (Å²) in [6.45, 7) is 12.2. The molecule has 0 aromatic heterocycles. The van der Waals surface area contributed by atoms with Gasteiger partial charge in [0, 0.05) is 34.1 Å². The molecule has 0 N–H and O–H groups in total. The van der Waals surface area contributed by atoms with Crippen LogP contribution in [0, 0.1) is 34.1 Å². The SMILES string of the molecule is Cc1cc(Oc2ccc(C(C)(C)c3cccc(C(C)(C)c4ccc(Oc5ccc([N+](=O)[O-])c(C)c5)cc4)c3)cc2)ccc1[N+](=O)[O-]. The zero-order valence-corrected chi connectivity index (χ0v) is 26.7. The fraction of sp³-hybridized carbons (Fsp3) is 0.211. The lowest BCUT2D eigenvalue weighted by Crippen LogP contribution is -2.22. The highest BCUT2D eigenvalue weighted by Gasteiger charge is 2.28. The molecule has 0 bridgehead atoms. The molecule has 0 aliphatic heterocycles. The van der Waals surface area contributed by atoms with Gasteiger partial charge in [-0.25, -0.2) is 0 Å². The Kier molecular flexibility index (Phi) is 8.66. The summed E-state index contributed by atoms with van der Waals surface area (Å²) in [5.74, 6) is 2.40. The average Bonchev–Trinajstić information content (AvgIpc) is 3.01. The number of nitro groups is 2. The largest absolute Gasteiger partial charge is 0.457 e. The Morgan fingerprint density at radius 1 is 0.478 bits per heavy atom. The molecule has 234 valence electrons. The number of benzene rings is 5. The van der Waals surface area contributed by atoms with E-state index < -0.39 is 9.85 Å². The van der Waals surface area contributed by atoms with Crippen molar-refractivity contribution in [2.75, 3.05) is 0 Å². The molecule has 0 aliphatic carbocycles. The molecule has 0 heterocycles. The third-order valence-corrected chi connectivity index (χ3v) is 8.66. The number of hydrogen-bond acceptors (Lipinski definition) is 6. The van der Waals surface area contributed by atoms with Crippen molar-refractivity contribution in [1.82, 2.24) is 0 Å². The van der Waals surface area contributed by atoms with Crippen LogP contribution in [0.25, 0.3) is 0 Å². The van der Waals surface area contributed by atoms with Crippen molar-refractivity contribution in [1.29, 1.82) is 0 Å². The maximum absolute atomic E-state index is 11.1. The molecule has 0 fully saturated rings. The van der Waals surface area contributed by atoms with Crippen LogP contribution in [-0.4, -0.2) is 9.85 Å². The number of rotatable bonds is 10. The molecule has 0 saturated carbocycles. The van der Waals surface area contributed by atoms with E-state index in [1.165, 1.54) is 23.3 Å². The molecule has 8 heteroatoms. The molecule has 0 atom stereocenters. The van der Waals surface area contributed by atoms with Crippen LogP contribution in [-0.2, 0) is 10.8 Å². The van der Waals surface area contributed by atoms with Crippen LogP contribution in [0.5, 0.6) is 23.0 Å². The van der Waals surface area contributed by atoms with Gasteiger partial charge in [0.1, 0.15) is 23.0 Å². The van der Waals surface area contributed by atoms with Gasteiger partial charge in [-0.15, -0.1) is 0 Å². The number of nitrogens with zero attached hydrogens (tertiary/aromatic N) is 2. The molecule has 5 aromatic rings. The monoisotopic (exact) mass is 616 g/mol. The molecule has 0 saturated heterocycles. The van der Waals surface area contributed by atoms with Gasteiger partial charge in [0.15, 0.2) is 0 Å². The van der Waals surface area contributed by atoms with Gasteiger partial charge >= 0.3 is 0 Å². The van der Waals surface area contributed by atoms with Crippen LogP contribution in [0.4, 0.5) is 11.4 Å². The number of nitro benzene ring substituents is 2. The fourth-order valence-corrected chi connectivity index (χ4v) is 5.57. The molecule has 46 heavy (non-hydrogen) atoms. The van der Waals surface area contributed by atoms with E-state index >= 15 is 0 Å². The quantitative estimate of drug-likeness (QED) is 0.114. The Morgan fingerprint density at radius 3 is 1.15 bits per heavy atom. The van der Waals surface area contributed by atoms with Crippen LogP contribution >= 0.6 is 0 Å². The summed E-state index contributed by atoms with van der Waals surface area (Å²) in [5, 5.41) is 22.3. The first kappa shape index (κ1) is 31.9. The topological polar surface area (TPSA) is 105 Å². The summed E-state index contributed by atoms with van der Waals surface area (Å²) in [6, 6.07) is 34.0. The molecule has 0 amide bonds. The summed E-state index contributed by atoms with van der Waals surface area (Å²) < 4.78 is 12.0. The second-order valence-corrected chi connectivity index (χ2v) is 12.5. The van der Waals surface area contributed by atoms with Gasteiger partial charge in [0.05, 0.1) is 9.85 Å². The zero-order chi connectivity index (χ0) is 33.2. The highest BCUT2D eigenvalue weighted by atomic mass is 16.6. The maximum Gasteiger partial charge on any atom is 0.272 e. The highest BCUT2D eigenvalue weighted by molar-refractivity contribution is 5.49. The van der Waals surface area contributed by atoms with Gasteiger partial charge in [0.25, 0.3) is 11.4 Å². The minimum absolute atomic E-state index is 0.0654. The normalized spacial score (nSPS) is 11.6. The molecule has 0 unspecified atom stereocenters. The van der Waals surface area contributed by atoms with E-state index in [-0.39, 0.29) is 22.2 Å². The highest BCUT2D eigenvalue weighted by Crippen LogP contribution is 2.38. The Bertz CT molecular complexity index is 1780. The Morgan fingerprint density at radius 2 is 0.826 bits per heavy atom. The third kappa shape index (κ3) is 6.61. The molecule has 5 aromatic carbocycles. The number of hydrogen-bond donors (Lipinski definition) is 0. The Hall–Kier alpha value is -5.50. The summed E-state index contributed by atoms with van der Waals surface area (Å²) in [6.07, 6.45) is 0. The van der Waals surface area contributed by atoms with Crippen molar-refractivity contribution in [3.05, 3.63) is 163 Å². The molecule has 0 spiro atoms. The smallest absolute Gasteiger partial charge is 0.272 e. The third-order valence-electron chi connectivity index (χ3n) is 8.66. The summed E-state index contributed by atoms with van der Waals surface area (Å²) in [7, 11) is 0. The van der Waals surface area contributed by atoms with Gasteiger partial charge in [0.2, 0.25) is 0 Å². The van der Waals surface area contributed by atoms with Crippen molar-refractivity contribution in [3.8, 4) is 23.0 Å². The predicted octanol–water partition coefficient (Wildman–Crippen LogP) is 10.4. The van der Waals surface area contributed by atoms with E-state index in [9.17, 15) is 20.2 Å². The second-order valence-electron chi connectivity index (χ2n) is 12.5. The first-order valence-corrected chi connectivity index (χ1v) is 14.9. The van der Waals surface area contributed by atoms with Crippen molar-refractivity contribution in [3.63, 3.8) is 0 Å². The van der Waals surface area contributed by atoms with E-state index in [1.807, 2.05) is 24.3 Å². The van der Waals surface area contributed by atoms with Crippen LogP contribution in [0.2, 0.25) is 0 Å². The first-order valence-electron chi connectivity index (χ1n) is 14.9. The molecule has 5 rings (SSSR count). The van der Waals surface area contributed by atoms with Gasteiger partial charge < -0.3 is 9.47 Å². The van der Waals surface area contributed by atoms with Crippen LogP contribution in [0.3, 0.4) is 0 Å². The lowest BCUT2D eigenvalue weighted by Gasteiger charge is -2.31.